The second kappa shape index (κ2) is 4.39. The van der Waals surface area contributed by atoms with Crippen LogP contribution in [0.15, 0.2) is 17.3 Å². The molecule has 0 aliphatic rings. The monoisotopic (exact) mass is 281 g/mol. The van der Waals surface area contributed by atoms with E-state index in [1.54, 1.807) is 0 Å². The SMILES string of the molecule is CC(C)(CNS(=O)(=O)c1ccn[nH]1)S(C)(=O)=O. The van der Waals surface area contributed by atoms with Crippen LogP contribution < -0.4 is 4.72 Å². The van der Waals surface area contributed by atoms with Gasteiger partial charge in [0.1, 0.15) is 0 Å². The summed E-state index contributed by atoms with van der Waals surface area (Å²) >= 11 is 0. The van der Waals surface area contributed by atoms with Crippen LogP contribution in [0.2, 0.25) is 0 Å². The summed E-state index contributed by atoms with van der Waals surface area (Å²) in [6.07, 6.45) is 2.37. The van der Waals surface area contributed by atoms with Crippen molar-refractivity contribution in [2.24, 2.45) is 0 Å². The standard InChI is InChI=1S/C8H15N3O4S2/c1-8(2,16(3,12)13)6-10-17(14,15)7-4-5-9-11-7/h4-5,10H,6H2,1-3H3,(H,9,11). The van der Waals surface area contributed by atoms with Crippen LogP contribution in [0.25, 0.3) is 0 Å². The Bertz CT molecular complexity index is 572. The lowest BCUT2D eigenvalue weighted by atomic mass is 10.2. The third-order valence-electron chi connectivity index (χ3n) is 2.46. The maximum Gasteiger partial charge on any atom is 0.257 e. The molecule has 98 valence electrons. The van der Waals surface area contributed by atoms with Crippen LogP contribution >= 0.6 is 0 Å². The highest BCUT2D eigenvalue weighted by Gasteiger charge is 2.32. The van der Waals surface area contributed by atoms with Crippen LogP contribution in [-0.4, -0.2) is 44.6 Å². The highest BCUT2D eigenvalue weighted by molar-refractivity contribution is 7.92. The van der Waals surface area contributed by atoms with E-state index in [4.69, 9.17) is 0 Å². The lowest BCUT2D eigenvalue weighted by Gasteiger charge is -2.22. The summed E-state index contributed by atoms with van der Waals surface area (Å²) in [7, 11) is -7.09. The molecule has 0 aromatic carbocycles. The van der Waals surface area contributed by atoms with Crippen molar-refractivity contribution < 1.29 is 16.8 Å². The van der Waals surface area contributed by atoms with Crippen LogP contribution in [0.4, 0.5) is 0 Å². The third kappa shape index (κ3) is 3.27. The molecule has 0 spiro atoms. The summed E-state index contributed by atoms with van der Waals surface area (Å²) in [6, 6.07) is 1.29. The second-order valence-corrected chi connectivity index (χ2v) is 8.66. The van der Waals surface area contributed by atoms with Crippen LogP contribution in [0, 0.1) is 0 Å². The first-order valence-corrected chi connectivity index (χ1v) is 8.12. The van der Waals surface area contributed by atoms with E-state index in [1.807, 2.05) is 0 Å². The quantitative estimate of drug-likeness (QED) is 0.757. The average molecular weight is 281 g/mol. The summed E-state index contributed by atoms with van der Waals surface area (Å²) in [5.41, 5.74) is 0. The molecule has 17 heavy (non-hydrogen) atoms. The summed E-state index contributed by atoms with van der Waals surface area (Å²) in [4.78, 5) is 0. The molecule has 0 aliphatic carbocycles. The molecule has 9 heteroatoms. The zero-order valence-corrected chi connectivity index (χ0v) is 11.4. The molecule has 0 fully saturated rings. The van der Waals surface area contributed by atoms with Gasteiger partial charge in [0, 0.05) is 12.8 Å². The van der Waals surface area contributed by atoms with Gasteiger partial charge in [-0.05, 0) is 19.9 Å². The molecule has 1 heterocycles. The van der Waals surface area contributed by atoms with Gasteiger partial charge in [-0.2, -0.15) is 5.10 Å². The molecule has 0 amide bonds. The molecule has 0 bridgehead atoms. The number of rotatable bonds is 5. The summed E-state index contributed by atoms with van der Waals surface area (Å²) in [5.74, 6) is 0. The lowest BCUT2D eigenvalue weighted by Crippen LogP contribution is -2.43. The number of hydrogen-bond donors (Lipinski definition) is 2. The van der Waals surface area contributed by atoms with Gasteiger partial charge in [-0.1, -0.05) is 0 Å². The molecule has 7 nitrogen and oxygen atoms in total. The van der Waals surface area contributed by atoms with Gasteiger partial charge in [0.25, 0.3) is 10.0 Å². The Balaban J connectivity index is 2.83. The number of H-pyrrole nitrogens is 1. The predicted octanol–water partition coefficient (Wildman–Crippen LogP) is -0.489. The number of aromatic amines is 1. The van der Waals surface area contributed by atoms with Crippen molar-refractivity contribution >= 4 is 19.9 Å². The first-order valence-electron chi connectivity index (χ1n) is 4.75. The van der Waals surface area contributed by atoms with Crippen LogP contribution in [0.1, 0.15) is 13.8 Å². The van der Waals surface area contributed by atoms with Crippen LogP contribution in [0.5, 0.6) is 0 Å². The summed E-state index contributed by atoms with van der Waals surface area (Å²) in [5, 5.41) is 5.73. The predicted molar refractivity (Wildman–Crippen MR) is 62.7 cm³/mol. The molecule has 0 aliphatic heterocycles. The molecular formula is C8H15N3O4S2. The molecule has 0 radical (unpaired) electrons. The first-order chi connectivity index (χ1) is 7.56. The Kier molecular flexibility index (Phi) is 3.65. The fourth-order valence-electron chi connectivity index (χ4n) is 0.870. The van der Waals surface area contributed by atoms with Crippen molar-refractivity contribution in [1.29, 1.82) is 0 Å². The van der Waals surface area contributed by atoms with E-state index in [1.165, 1.54) is 26.1 Å². The van der Waals surface area contributed by atoms with Gasteiger partial charge in [-0.15, -0.1) is 0 Å². The van der Waals surface area contributed by atoms with E-state index in [9.17, 15) is 16.8 Å². The zero-order valence-electron chi connectivity index (χ0n) is 9.76. The Morgan fingerprint density at radius 1 is 1.35 bits per heavy atom. The number of nitrogens with zero attached hydrogens (tertiary/aromatic N) is 1. The van der Waals surface area contributed by atoms with Crippen molar-refractivity contribution in [1.82, 2.24) is 14.9 Å². The second-order valence-electron chi connectivity index (χ2n) is 4.28. The first kappa shape index (κ1) is 14.1. The smallest absolute Gasteiger partial charge is 0.257 e. The van der Waals surface area contributed by atoms with E-state index in [0.717, 1.165) is 6.26 Å². The third-order valence-corrected chi connectivity index (χ3v) is 5.94. The fraction of sp³-hybridized carbons (Fsp3) is 0.625. The van der Waals surface area contributed by atoms with Crippen LogP contribution in [-0.2, 0) is 19.9 Å². The van der Waals surface area contributed by atoms with E-state index in [0.29, 0.717) is 0 Å². The number of hydrogen-bond acceptors (Lipinski definition) is 5. The fourth-order valence-corrected chi connectivity index (χ4v) is 2.42. The van der Waals surface area contributed by atoms with Crippen molar-refractivity contribution in [2.45, 2.75) is 23.6 Å². The van der Waals surface area contributed by atoms with Gasteiger partial charge in [-0.3, -0.25) is 5.10 Å². The van der Waals surface area contributed by atoms with Gasteiger partial charge in [-0.25, -0.2) is 21.6 Å². The normalized spacial score (nSPS) is 13.8. The van der Waals surface area contributed by atoms with Gasteiger partial charge >= 0.3 is 0 Å². The van der Waals surface area contributed by atoms with Crippen LogP contribution in [0.3, 0.4) is 0 Å². The maximum atomic E-state index is 11.7. The Morgan fingerprint density at radius 3 is 2.35 bits per heavy atom. The Hall–Kier alpha value is -0.930. The van der Waals surface area contributed by atoms with E-state index in [-0.39, 0.29) is 11.6 Å². The average Bonchev–Trinajstić information content (AvgIpc) is 2.66. The molecule has 2 N–H and O–H groups in total. The van der Waals surface area contributed by atoms with Gasteiger partial charge < -0.3 is 0 Å². The number of nitrogens with one attached hydrogen (secondary N) is 2. The van der Waals surface area contributed by atoms with Gasteiger partial charge in [0.05, 0.1) is 10.9 Å². The van der Waals surface area contributed by atoms with E-state index in [2.05, 4.69) is 14.9 Å². The molecule has 1 aromatic heterocycles. The molecule has 0 unspecified atom stereocenters. The molecule has 0 atom stereocenters. The molecular weight excluding hydrogens is 266 g/mol. The topological polar surface area (TPSA) is 109 Å². The zero-order chi connectivity index (χ0) is 13.3. The number of sulfone groups is 1. The molecule has 0 saturated carbocycles. The summed E-state index contributed by atoms with van der Waals surface area (Å²) in [6.45, 7) is 2.71. The van der Waals surface area contributed by atoms with Crippen molar-refractivity contribution in [3.05, 3.63) is 12.3 Å². The minimum atomic E-state index is -3.74. The van der Waals surface area contributed by atoms with Gasteiger partial charge in [0.15, 0.2) is 14.9 Å². The van der Waals surface area contributed by atoms with E-state index >= 15 is 0 Å². The molecule has 1 rings (SSSR count). The number of sulfonamides is 1. The lowest BCUT2D eigenvalue weighted by molar-refractivity contribution is 0.535. The largest absolute Gasteiger partial charge is 0.266 e. The maximum absolute atomic E-state index is 11.7. The van der Waals surface area contributed by atoms with Crippen molar-refractivity contribution in [2.75, 3.05) is 12.8 Å². The molecule has 1 aromatic rings. The van der Waals surface area contributed by atoms with Gasteiger partial charge in [0.2, 0.25) is 0 Å². The number of aromatic nitrogens is 2. The van der Waals surface area contributed by atoms with Crippen molar-refractivity contribution in [3.8, 4) is 0 Å². The van der Waals surface area contributed by atoms with Crippen molar-refractivity contribution in [3.63, 3.8) is 0 Å². The van der Waals surface area contributed by atoms with E-state index < -0.39 is 24.6 Å². The minimum absolute atomic E-state index is 0.0956. The Labute approximate surface area is 101 Å². The minimum Gasteiger partial charge on any atom is -0.266 e. The molecule has 0 saturated heterocycles. The Morgan fingerprint density at radius 2 is 1.94 bits per heavy atom. The summed E-state index contributed by atoms with van der Waals surface area (Å²) < 4.78 is 47.2. The highest BCUT2D eigenvalue weighted by atomic mass is 32.2. The highest BCUT2D eigenvalue weighted by Crippen LogP contribution is 2.14.